The second kappa shape index (κ2) is 6.41. The van der Waals surface area contributed by atoms with Crippen LogP contribution in [0.25, 0.3) is 0 Å². The molecular weight excluding hydrogens is 156 g/mol. The molecule has 0 saturated carbocycles. The number of ether oxygens (including phenoxy) is 1. The van der Waals surface area contributed by atoms with Crippen molar-refractivity contribution in [2.45, 2.75) is 32.8 Å². The maximum absolute atomic E-state index is 10.5. The highest BCUT2D eigenvalue weighted by atomic mass is 16.5. The van der Waals surface area contributed by atoms with Gasteiger partial charge in [-0.2, -0.15) is 0 Å². The lowest BCUT2D eigenvalue weighted by Crippen LogP contribution is -2.13. The van der Waals surface area contributed by atoms with Crippen molar-refractivity contribution in [1.29, 1.82) is 0 Å². The summed E-state index contributed by atoms with van der Waals surface area (Å²) in [6, 6.07) is 0. The van der Waals surface area contributed by atoms with Gasteiger partial charge in [-0.05, 0) is 12.3 Å². The fourth-order valence-corrected chi connectivity index (χ4v) is 0.750. The van der Waals surface area contributed by atoms with Crippen molar-refractivity contribution in [1.82, 2.24) is 0 Å². The van der Waals surface area contributed by atoms with Crippen LogP contribution in [-0.2, 0) is 14.3 Å². The molecule has 0 aliphatic rings. The largest absolute Gasteiger partial charge is 0.449 e. The van der Waals surface area contributed by atoms with Crippen LogP contribution in [0, 0.1) is 11.8 Å². The van der Waals surface area contributed by atoms with Gasteiger partial charge < -0.3 is 4.74 Å². The second-order valence-electron chi connectivity index (χ2n) is 2.29. The Balaban J connectivity index is 4.02. The van der Waals surface area contributed by atoms with Gasteiger partial charge in [0, 0.05) is 6.92 Å². The average molecular weight is 168 g/mol. The SMILES string of the molecule is CCCC(C#CC=O)OC(C)=O. The molecule has 0 bridgehead atoms. The van der Waals surface area contributed by atoms with Crippen molar-refractivity contribution < 1.29 is 14.3 Å². The molecule has 3 heteroatoms. The van der Waals surface area contributed by atoms with E-state index in [0.29, 0.717) is 12.7 Å². The van der Waals surface area contributed by atoms with Crippen molar-refractivity contribution in [3.8, 4) is 11.8 Å². The zero-order valence-corrected chi connectivity index (χ0v) is 7.29. The zero-order chi connectivity index (χ0) is 9.40. The average Bonchev–Trinajstić information content (AvgIpc) is 2.00. The Kier molecular flexibility index (Phi) is 5.72. The molecule has 1 atom stereocenters. The molecule has 0 fully saturated rings. The molecule has 0 aliphatic carbocycles. The molecule has 0 saturated heterocycles. The minimum atomic E-state index is -0.433. The minimum absolute atomic E-state index is 0.367. The smallest absolute Gasteiger partial charge is 0.303 e. The lowest BCUT2D eigenvalue weighted by Gasteiger charge is -2.08. The van der Waals surface area contributed by atoms with E-state index in [4.69, 9.17) is 4.74 Å². The Morgan fingerprint density at radius 1 is 1.67 bits per heavy atom. The minimum Gasteiger partial charge on any atom is -0.449 e. The summed E-state index contributed by atoms with van der Waals surface area (Å²) in [6.07, 6.45) is 1.59. The summed E-state index contributed by atoms with van der Waals surface area (Å²) in [5.41, 5.74) is 0. The summed E-state index contributed by atoms with van der Waals surface area (Å²) in [4.78, 5) is 20.4. The van der Waals surface area contributed by atoms with E-state index in [-0.39, 0.29) is 5.97 Å². The first-order chi connectivity index (χ1) is 5.70. The molecule has 0 heterocycles. The first-order valence-electron chi connectivity index (χ1n) is 3.82. The summed E-state index contributed by atoms with van der Waals surface area (Å²) in [5, 5.41) is 0. The number of carbonyl (C=O) groups excluding carboxylic acids is 2. The van der Waals surface area contributed by atoms with E-state index < -0.39 is 6.10 Å². The Labute approximate surface area is 72.1 Å². The predicted molar refractivity (Wildman–Crippen MR) is 44.3 cm³/mol. The van der Waals surface area contributed by atoms with Gasteiger partial charge in [0.25, 0.3) is 0 Å². The fourth-order valence-electron chi connectivity index (χ4n) is 0.750. The van der Waals surface area contributed by atoms with Crippen LogP contribution < -0.4 is 0 Å². The van der Waals surface area contributed by atoms with Gasteiger partial charge >= 0.3 is 5.97 Å². The van der Waals surface area contributed by atoms with Gasteiger partial charge in [-0.25, -0.2) is 0 Å². The van der Waals surface area contributed by atoms with Crippen molar-refractivity contribution in [3.63, 3.8) is 0 Å². The molecular formula is C9H12O3. The Morgan fingerprint density at radius 2 is 2.33 bits per heavy atom. The van der Waals surface area contributed by atoms with Gasteiger partial charge in [-0.3, -0.25) is 9.59 Å². The first-order valence-corrected chi connectivity index (χ1v) is 3.82. The molecule has 1 unspecified atom stereocenters. The molecule has 0 radical (unpaired) electrons. The van der Waals surface area contributed by atoms with Crippen molar-refractivity contribution in [2.24, 2.45) is 0 Å². The zero-order valence-electron chi connectivity index (χ0n) is 7.29. The molecule has 0 rings (SSSR count). The maximum atomic E-state index is 10.5. The van der Waals surface area contributed by atoms with E-state index >= 15 is 0 Å². The van der Waals surface area contributed by atoms with E-state index in [2.05, 4.69) is 11.8 Å². The fraction of sp³-hybridized carbons (Fsp3) is 0.556. The second-order valence-corrected chi connectivity index (χ2v) is 2.29. The number of hydrogen-bond acceptors (Lipinski definition) is 3. The van der Waals surface area contributed by atoms with Crippen LogP contribution in [-0.4, -0.2) is 18.4 Å². The molecule has 12 heavy (non-hydrogen) atoms. The van der Waals surface area contributed by atoms with Crippen LogP contribution >= 0.6 is 0 Å². The van der Waals surface area contributed by atoms with Crippen LogP contribution in [0.2, 0.25) is 0 Å². The normalized spacial score (nSPS) is 10.8. The number of rotatable bonds is 3. The lowest BCUT2D eigenvalue weighted by atomic mass is 10.2. The van der Waals surface area contributed by atoms with Crippen LogP contribution in [0.3, 0.4) is 0 Å². The molecule has 3 nitrogen and oxygen atoms in total. The number of esters is 1. The Bertz CT molecular complexity index is 210. The predicted octanol–water partition coefficient (Wildman–Crippen LogP) is 0.921. The quantitative estimate of drug-likeness (QED) is 0.357. The van der Waals surface area contributed by atoms with Crippen LogP contribution in [0.1, 0.15) is 26.7 Å². The van der Waals surface area contributed by atoms with E-state index in [1.807, 2.05) is 6.92 Å². The number of aldehydes is 1. The Morgan fingerprint density at radius 3 is 2.75 bits per heavy atom. The number of hydrogen-bond donors (Lipinski definition) is 0. The van der Waals surface area contributed by atoms with Gasteiger partial charge in [0.2, 0.25) is 0 Å². The van der Waals surface area contributed by atoms with Crippen molar-refractivity contribution >= 4 is 12.3 Å². The molecule has 0 aliphatic heterocycles. The molecule has 0 aromatic carbocycles. The molecule has 0 spiro atoms. The molecule has 0 aromatic rings. The van der Waals surface area contributed by atoms with Crippen molar-refractivity contribution in [2.75, 3.05) is 0 Å². The lowest BCUT2D eigenvalue weighted by molar-refractivity contribution is -0.144. The van der Waals surface area contributed by atoms with Gasteiger partial charge in [-0.15, -0.1) is 0 Å². The van der Waals surface area contributed by atoms with Gasteiger partial charge in [0.15, 0.2) is 12.4 Å². The van der Waals surface area contributed by atoms with Gasteiger partial charge in [0.1, 0.15) is 0 Å². The highest BCUT2D eigenvalue weighted by molar-refractivity contribution is 5.73. The number of carbonyl (C=O) groups is 2. The summed E-state index contributed by atoms with van der Waals surface area (Å²) < 4.78 is 4.82. The van der Waals surface area contributed by atoms with E-state index in [1.54, 1.807) is 0 Å². The van der Waals surface area contributed by atoms with E-state index in [9.17, 15) is 9.59 Å². The molecule has 0 amide bonds. The highest BCUT2D eigenvalue weighted by Gasteiger charge is 2.05. The van der Waals surface area contributed by atoms with E-state index in [1.165, 1.54) is 6.92 Å². The van der Waals surface area contributed by atoms with E-state index in [0.717, 1.165) is 6.42 Å². The maximum Gasteiger partial charge on any atom is 0.303 e. The summed E-state index contributed by atoms with van der Waals surface area (Å²) in [7, 11) is 0. The molecule has 0 aromatic heterocycles. The third-order valence-corrected chi connectivity index (χ3v) is 1.16. The first kappa shape index (κ1) is 10.7. The molecule has 0 N–H and O–H groups in total. The van der Waals surface area contributed by atoms with Gasteiger partial charge in [-0.1, -0.05) is 19.3 Å². The summed E-state index contributed by atoms with van der Waals surface area (Å²) in [5.74, 6) is 4.40. The summed E-state index contributed by atoms with van der Waals surface area (Å²) >= 11 is 0. The van der Waals surface area contributed by atoms with Crippen molar-refractivity contribution in [3.05, 3.63) is 0 Å². The van der Waals surface area contributed by atoms with Crippen LogP contribution in [0.15, 0.2) is 0 Å². The monoisotopic (exact) mass is 168 g/mol. The topological polar surface area (TPSA) is 43.4 Å². The third-order valence-electron chi connectivity index (χ3n) is 1.16. The van der Waals surface area contributed by atoms with Crippen LogP contribution in [0.4, 0.5) is 0 Å². The highest BCUT2D eigenvalue weighted by Crippen LogP contribution is 2.00. The standard InChI is InChI=1S/C9H12O3/c1-3-5-9(6-4-7-10)12-8(2)11/h7,9H,3,5H2,1-2H3. The van der Waals surface area contributed by atoms with Crippen LogP contribution in [0.5, 0.6) is 0 Å². The third kappa shape index (κ3) is 5.48. The van der Waals surface area contributed by atoms with Gasteiger partial charge in [0.05, 0.1) is 0 Å². The summed E-state index contributed by atoms with van der Waals surface area (Å²) in [6.45, 7) is 3.28. The molecule has 66 valence electrons. The Hall–Kier alpha value is -1.30.